The lowest BCUT2D eigenvalue weighted by Crippen LogP contribution is -2.20. The van der Waals surface area contributed by atoms with Crippen molar-refractivity contribution in [2.45, 2.75) is 26.2 Å². The summed E-state index contributed by atoms with van der Waals surface area (Å²) in [5.41, 5.74) is 6.07. The summed E-state index contributed by atoms with van der Waals surface area (Å²) in [7, 11) is 0. The third kappa shape index (κ3) is 3.38. The molecule has 5 heteroatoms. The molecule has 0 aliphatic heterocycles. The zero-order valence-corrected chi connectivity index (χ0v) is 11.3. The van der Waals surface area contributed by atoms with Crippen LogP contribution in [0.15, 0.2) is 33.5 Å². The second kappa shape index (κ2) is 6.23. The standard InChI is InChI=1S/C15H17NO4/c1-2-3-4-10-7-15(18)20-13-8-11(5-6-12(10)13)19-9-14(16)17/h5-8H,2-4,9H2,1H3,(H2,16,17). The summed E-state index contributed by atoms with van der Waals surface area (Å²) in [6.07, 6.45) is 2.90. The Morgan fingerprint density at radius 2 is 2.15 bits per heavy atom. The van der Waals surface area contributed by atoms with Crippen molar-refractivity contribution in [3.8, 4) is 5.75 Å². The van der Waals surface area contributed by atoms with E-state index in [-0.39, 0.29) is 12.2 Å². The number of hydrogen-bond donors (Lipinski definition) is 1. The largest absolute Gasteiger partial charge is 0.484 e. The van der Waals surface area contributed by atoms with Gasteiger partial charge in [-0.25, -0.2) is 4.79 Å². The first-order valence-electron chi connectivity index (χ1n) is 6.58. The molecular weight excluding hydrogens is 258 g/mol. The number of rotatable bonds is 6. The van der Waals surface area contributed by atoms with Gasteiger partial charge in [0, 0.05) is 17.5 Å². The van der Waals surface area contributed by atoms with Crippen molar-refractivity contribution in [2.24, 2.45) is 5.73 Å². The van der Waals surface area contributed by atoms with Gasteiger partial charge >= 0.3 is 5.63 Å². The summed E-state index contributed by atoms with van der Waals surface area (Å²) in [6, 6.07) is 6.71. The maximum atomic E-state index is 11.6. The van der Waals surface area contributed by atoms with Crippen molar-refractivity contribution in [3.05, 3.63) is 40.2 Å². The lowest BCUT2D eigenvalue weighted by molar-refractivity contribution is -0.119. The van der Waals surface area contributed by atoms with Gasteiger partial charge in [0.25, 0.3) is 5.91 Å². The molecular formula is C15H17NO4. The number of carbonyl (C=O) groups excluding carboxylic acids is 1. The molecule has 0 aliphatic carbocycles. The molecule has 1 heterocycles. The molecule has 1 aromatic carbocycles. The van der Waals surface area contributed by atoms with Gasteiger partial charge in [0.15, 0.2) is 6.61 Å². The Morgan fingerprint density at radius 1 is 1.35 bits per heavy atom. The van der Waals surface area contributed by atoms with E-state index in [9.17, 15) is 9.59 Å². The lowest BCUT2D eigenvalue weighted by Gasteiger charge is -2.07. The molecule has 2 aromatic rings. The fourth-order valence-electron chi connectivity index (χ4n) is 2.03. The highest BCUT2D eigenvalue weighted by Gasteiger charge is 2.07. The minimum atomic E-state index is -0.553. The van der Waals surface area contributed by atoms with Crippen LogP contribution in [-0.2, 0) is 11.2 Å². The summed E-state index contributed by atoms with van der Waals surface area (Å²) in [5.74, 6) is -0.102. The number of amides is 1. The maximum Gasteiger partial charge on any atom is 0.336 e. The molecule has 1 amide bonds. The number of fused-ring (bicyclic) bond motifs is 1. The van der Waals surface area contributed by atoms with E-state index in [1.54, 1.807) is 12.1 Å². The van der Waals surface area contributed by atoms with E-state index in [2.05, 4.69) is 6.92 Å². The molecule has 0 bridgehead atoms. The number of nitrogens with two attached hydrogens (primary N) is 1. The quantitative estimate of drug-likeness (QED) is 0.817. The molecule has 0 aliphatic rings. The minimum Gasteiger partial charge on any atom is -0.484 e. The van der Waals surface area contributed by atoms with Crippen LogP contribution in [-0.4, -0.2) is 12.5 Å². The van der Waals surface area contributed by atoms with Gasteiger partial charge in [-0.2, -0.15) is 0 Å². The summed E-state index contributed by atoms with van der Waals surface area (Å²) in [6.45, 7) is 1.90. The molecule has 20 heavy (non-hydrogen) atoms. The van der Waals surface area contributed by atoms with Crippen LogP contribution in [0.4, 0.5) is 0 Å². The molecule has 2 N–H and O–H groups in total. The first-order chi connectivity index (χ1) is 9.60. The van der Waals surface area contributed by atoms with Gasteiger partial charge in [-0.1, -0.05) is 13.3 Å². The Morgan fingerprint density at radius 3 is 2.85 bits per heavy atom. The van der Waals surface area contributed by atoms with Crippen molar-refractivity contribution in [2.75, 3.05) is 6.61 Å². The lowest BCUT2D eigenvalue weighted by atomic mass is 10.0. The van der Waals surface area contributed by atoms with E-state index < -0.39 is 5.91 Å². The predicted molar refractivity (Wildman–Crippen MR) is 75.8 cm³/mol. The Balaban J connectivity index is 2.37. The third-order valence-electron chi connectivity index (χ3n) is 2.98. The Bertz CT molecular complexity index is 675. The molecule has 0 saturated heterocycles. The average molecular weight is 275 g/mol. The van der Waals surface area contributed by atoms with Crippen LogP contribution >= 0.6 is 0 Å². The van der Waals surface area contributed by atoms with Gasteiger partial charge in [-0.05, 0) is 30.5 Å². The average Bonchev–Trinajstić information content (AvgIpc) is 2.41. The van der Waals surface area contributed by atoms with Gasteiger partial charge in [-0.3, -0.25) is 4.79 Å². The van der Waals surface area contributed by atoms with Crippen molar-refractivity contribution in [1.82, 2.24) is 0 Å². The second-order valence-corrected chi connectivity index (χ2v) is 4.61. The number of primary amides is 1. The normalized spacial score (nSPS) is 10.7. The highest BCUT2D eigenvalue weighted by atomic mass is 16.5. The van der Waals surface area contributed by atoms with Crippen molar-refractivity contribution >= 4 is 16.9 Å². The van der Waals surface area contributed by atoms with E-state index >= 15 is 0 Å². The predicted octanol–water partition coefficient (Wildman–Crippen LogP) is 2.00. The van der Waals surface area contributed by atoms with Gasteiger partial charge in [0.1, 0.15) is 11.3 Å². The van der Waals surface area contributed by atoms with Crippen LogP contribution in [0.2, 0.25) is 0 Å². The first-order valence-corrected chi connectivity index (χ1v) is 6.58. The van der Waals surface area contributed by atoms with Crippen molar-refractivity contribution in [1.29, 1.82) is 0 Å². The van der Waals surface area contributed by atoms with E-state index in [4.69, 9.17) is 14.9 Å². The van der Waals surface area contributed by atoms with Crippen LogP contribution < -0.4 is 16.1 Å². The molecule has 0 spiro atoms. The van der Waals surface area contributed by atoms with Gasteiger partial charge in [0.2, 0.25) is 0 Å². The van der Waals surface area contributed by atoms with Crippen LogP contribution in [0.3, 0.4) is 0 Å². The summed E-state index contributed by atoms with van der Waals surface area (Å²) in [5, 5.41) is 0.893. The number of unbranched alkanes of at least 4 members (excludes halogenated alkanes) is 1. The molecule has 0 radical (unpaired) electrons. The Labute approximate surface area is 116 Å². The first kappa shape index (κ1) is 14.1. The van der Waals surface area contributed by atoms with Crippen LogP contribution in [0.5, 0.6) is 5.75 Å². The van der Waals surface area contributed by atoms with Crippen LogP contribution in [0, 0.1) is 0 Å². The molecule has 0 unspecified atom stereocenters. The summed E-state index contributed by atoms with van der Waals surface area (Å²) in [4.78, 5) is 22.2. The van der Waals surface area contributed by atoms with E-state index in [1.165, 1.54) is 6.07 Å². The van der Waals surface area contributed by atoms with Gasteiger partial charge in [0.05, 0.1) is 0 Å². The number of aryl methyl sites for hydroxylation is 1. The Hall–Kier alpha value is -2.30. The zero-order valence-electron chi connectivity index (χ0n) is 11.3. The molecule has 0 atom stereocenters. The van der Waals surface area contributed by atoms with Crippen molar-refractivity contribution < 1.29 is 13.9 Å². The fraction of sp³-hybridized carbons (Fsp3) is 0.333. The van der Waals surface area contributed by atoms with E-state index in [0.717, 1.165) is 30.2 Å². The minimum absolute atomic E-state index is 0.203. The van der Waals surface area contributed by atoms with E-state index in [0.29, 0.717) is 11.3 Å². The molecule has 2 rings (SSSR count). The third-order valence-corrected chi connectivity index (χ3v) is 2.98. The highest BCUT2D eigenvalue weighted by molar-refractivity contribution is 5.81. The fourth-order valence-corrected chi connectivity index (χ4v) is 2.03. The summed E-state index contributed by atoms with van der Waals surface area (Å²) < 4.78 is 10.4. The summed E-state index contributed by atoms with van der Waals surface area (Å²) >= 11 is 0. The van der Waals surface area contributed by atoms with Gasteiger partial charge < -0.3 is 14.9 Å². The number of carbonyl (C=O) groups is 1. The number of ether oxygens (including phenoxy) is 1. The number of benzene rings is 1. The number of hydrogen-bond acceptors (Lipinski definition) is 4. The van der Waals surface area contributed by atoms with E-state index in [1.807, 2.05) is 6.07 Å². The second-order valence-electron chi connectivity index (χ2n) is 4.61. The van der Waals surface area contributed by atoms with Crippen LogP contribution in [0.1, 0.15) is 25.3 Å². The van der Waals surface area contributed by atoms with Crippen molar-refractivity contribution in [3.63, 3.8) is 0 Å². The zero-order chi connectivity index (χ0) is 14.5. The highest BCUT2D eigenvalue weighted by Crippen LogP contribution is 2.23. The van der Waals surface area contributed by atoms with Crippen LogP contribution in [0.25, 0.3) is 11.0 Å². The maximum absolute atomic E-state index is 11.6. The molecule has 0 saturated carbocycles. The molecule has 0 fully saturated rings. The monoisotopic (exact) mass is 275 g/mol. The SMILES string of the molecule is CCCCc1cc(=O)oc2cc(OCC(N)=O)ccc12. The molecule has 1 aromatic heterocycles. The van der Waals surface area contributed by atoms with Gasteiger partial charge in [-0.15, -0.1) is 0 Å². The topological polar surface area (TPSA) is 82.5 Å². The molecule has 106 valence electrons. The Kier molecular flexibility index (Phi) is 4.40. The molecule has 5 nitrogen and oxygen atoms in total. The smallest absolute Gasteiger partial charge is 0.336 e.